The molecule has 1 aliphatic carbocycles. The minimum absolute atomic E-state index is 0.0823. The highest BCUT2D eigenvalue weighted by molar-refractivity contribution is 5.89. The number of amides is 1. The van der Waals surface area contributed by atoms with Crippen molar-refractivity contribution in [2.24, 2.45) is 0 Å². The molecule has 2 aromatic rings. The van der Waals surface area contributed by atoms with Gasteiger partial charge in [-0.1, -0.05) is 24.6 Å². The molecule has 24 heavy (non-hydrogen) atoms. The Labute approximate surface area is 139 Å². The van der Waals surface area contributed by atoms with Gasteiger partial charge in [-0.2, -0.15) is 0 Å². The maximum Gasteiger partial charge on any atom is 0.414 e. The van der Waals surface area contributed by atoms with Crippen molar-refractivity contribution in [1.29, 1.82) is 0 Å². The summed E-state index contributed by atoms with van der Waals surface area (Å²) in [7, 11) is 0. The summed E-state index contributed by atoms with van der Waals surface area (Å²) < 4.78 is 6.92. The molecule has 0 N–H and O–H groups in total. The van der Waals surface area contributed by atoms with E-state index in [1.807, 2.05) is 30.3 Å². The number of hydrogen-bond donors (Lipinski definition) is 0. The molecule has 124 valence electrons. The zero-order valence-electron chi connectivity index (χ0n) is 13.3. The van der Waals surface area contributed by atoms with E-state index >= 15 is 0 Å². The molecule has 4 rings (SSSR count). The lowest BCUT2D eigenvalue weighted by Crippen LogP contribution is -2.30. The molecule has 1 saturated carbocycles. The fourth-order valence-corrected chi connectivity index (χ4v) is 3.16. The van der Waals surface area contributed by atoms with Gasteiger partial charge in [0.25, 0.3) is 5.56 Å². The summed E-state index contributed by atoms with van der Waals surface area (Å²) in [6.07, 6.45) is 4.29. The summed E-state index contributed by atoms with van der Waals surface area (Å²) >= 11 is 0. The molecule has 0 spiro atoms. The standard InChI is InChI=1S/C18H19N3O3/c22-17-9-16(13-5-4-6-13)19-12-20(17)10-15-11-21(18(23)24-15)14-7-2-1-3-8-14/h1-3,7-9,12-13,15H,4-6,10-11H2. The zero-order valence-corrected chi connectivity index (χ0v) is 13.3. The van der Waals surface area contributed by atoms with Crippen LogP contribution in [0.5, 0.6) is 0 Å². The molecule has 1 aliphatic heterocycles. The minimum Gasteiger partial charge on any atom is -0.442 e. The second kappa shape index (κ2) is 6.11. The van der Waals surface area contributed by atoms with Gasteiger partial charge in [0.05, 0.1) is 25.1 Å². The summed E-state index contributed by atoms with van der Waals surface area (Å²) in [6, 6.07) is 11.0. The van der Waals surface area contributed by atoms with E-state index in [1.165, 1.54) is 11.0 Å². The van der Waals surface area contributed by atoms with Crippen molar-refractivity contribution >= 4 is 11.8 Å². The van der Waals surface area contributed by atoms with Crippen LogP contribution in [-0.4, -0.2) is 28.3 Å². The van der Waals surface area contributed by atoms with Gasteiger partial charge in [-0.15, -0.1) is 0 Å². The Morgan fingerprint density at radius 1 is 1.17 bits per heavy atom. The number of hydrogen-bond acceptors (Lipinski definition) is 4. The van der Waals surface area contributed by atoms with E-state index < -0.39 is 0 Å². The van der Waals surface area contributed by atoms with E-state index in [4.69, 9.17) is 4.74 Å². The average molecular weight is 325 g/mol. The van der Waals surface area contributed by atoms with Crippen molar-refractivity contribution in [2.45, 2.75) is 37.8 Å². The van der Waals surface area contributed by atoms with Gasteiger partial charge >= 0.3 is 6.09 Å². The summed E-state index contributed by atoms with van der Waals surface area (Å²) in [4.78, 5) is 30.3. The topological polar surface area (TPSA) is 64.4 Å². The van der Waals surface area contributed by atoms with Crippen molar-refractivity contribution in [3.8, 4) is 0 Å². The molecular formula is C18H19N3O3. The Morgan fingerprint density at radius 3 is 2.62 bits per heavy atom. The molecule has 6 heteroatoms. The second-order valence-corrected chi connectivity index (χ2v) is 6.38. The number of carbonyl (C=O) groups excluding carboxylic acids is 1. The largest absolute Gasteiger partial charge is 0.442 e. The van der Waals surface area contributed by atoms with Crippen molar-refractivity contribution in [1.82, 2.24) is 9.55 Å². The zero-order chi connectivity index (χ0) is 16.5. The number of nitrogens with zero attached hydrogens (tertiary/aromatic N) is 3. The first-order valence-corrected chi connectivity index (χ1v) is 8.30. The molecule has 1 aromatic heterocycles. The Balaban J connectivity index is 1.46. The number of rotatable bonds is 4. The SMILES string of the molecule is O=C1OC(Cn2cnc(C3CCC3)cc2=O)CN1c1ccccc1. The minimum atomic E-state index is -0.377. The van der Waals surface area contributed by atoms with E-state index in [-0.39, 0.29) is 17.8 Å². The quantitative estimate of drug-likeness (QED) is 0.866. The molecule has 1 unspecified atom stereocenters. The lowest BCUT2D eigenvalue weighted by Gasteiger charge is -2.24. The van der Waals surface area contributed by atoms with Crippen LogP contribution in [0.2, 0.25) is 0 Å². The number of benzene rings is 1. The number of aromatic nitrogens is 2. The highest BCUT2D eigenvalue weighted by Gasteiger charge is 2.32. The predicted octanol–water partition coefficient (Wildman–Crippen LogP) is 2.54. The Kier molecular flexibility index (Phi) is 3.80. The van der Waals surface area contributed by atoms with Gasteiger partial charge in [0.1, 0.15) is 6.10 Å². The number of anilines is 1. The molecule has 2 aliphatic rings. The molecule has 0 radical (unpaired) electrons. The van der Waals surface area contributed by atoms with Gasteiger partial charge < -0.3 is 4.74 Å². The molecule has 2 fully saturated rings. The van der Waals surface area contributed by atoms with Crippen LogP contribution in [0.15, 0.2) is 47.5 Å². The van der Waals surface area contributed by atoms with Crippen LogP contribution in [0.1, 0.15) is 30.9 Å². The Hall–Kier alpha value is -2.63. The maximum atomic E-state index is 12.3. The highest BCUT2D eigenvalue weighted by Crippen LogP contribution is 2.34. The third kappa shape index (κ3) is 2.79. The van der Waals surface area contributed by atoms with Crippen molar-refractivity contribution in [3.05, 3.63) is 58.8 Å². The number of cyclic esters (lactones) is 1. The molecule has 1 saturated heterocycles. The van der Waals surface area contributed by atoms with Gasteiger partial charge in [0.15, 0.2) is 0 Å². The number of carbonyl (C=O) groups is 1. The average Bonchev–Trinajstić information content (AvgIpc) is 2.90. The number of para-hydroxylation sites is 1. The summed E-state index contributed by atoms with van der Waals surface area (Å²) in [5.41, 5.74) is 1.61. The predicted molar refractivity (Wildman–Crippen MR) is 89.1 cm³/mol. The molecule has 1 amide bonds. The summed E-state index contributed by atoms with van der Waals surface area (Å²) in [6.45, 7) is 0.755. The van der Waals surface area contributed by atoms with Crippen LogP contribution in [0.4, 0.5) is 10.5 Å². The number of ether oxygens (including phenoxy) is 1. The second-order valence-electron chi connectivity index (χ2n) is 6.38. The van der Waals surface area contributed by atoms with Gasteiger partial charge in [-0.05, 0) is 25.0 Å². The van der Waals surface area contributed by atoms with Gasteiger partial charge in [0, 0.05) is 17.7 Å². The summed E-state index contributed by atoms with van der Waals surface area (Å²) in [5, 5.41) is 0. The van der Waals surface area contributed by atoms with Crippen LogP contribution in [0, 0.1) is 0 Å². The van der Waals surface area contributed by atoms with Gasteiger partial charge in [-0.25, -0.2) is 9.78 Å². The van der Waals surface area contributed by atoms with Crippen molar-refractivity contribution < 1.29 is 9.53 Å². The van der Waals surface area contributed by atoms with E-state index in [1.54, 1.807) is 17.3 Å². The molecular weight excluding hydrogens is 306 g/mol. The lowest BCUT2D eigenvalue weighted by molar-refractivity contribution is 0.131. The van der Waals surface area contributed by atoms with Crippen LogP contribution in [-0.2, 0) is 11.3 Å². The molecule has 0 bridgehead atoms. The van der Waals surface area contributed by atoms with E-state index in [0.717, 1.165) is 24.2 Å². The third-order valence-corrected chi connectivity index (χ3v) is 4.77. The van der Waals surface area contributed by atoms with E-state index in [9.17, 15) is 9.59 Å². The molecule has 6 nitrogen and oxygen atoms in total. The van der Waals surface area contributed by atoms with Crippen molar-refractivity contribution in [2.75, 3.05) is 11.4 Å². The molecule has 1 aromatic carbocycles. The van der Waals surface area contributed by atoms with Gasteiger partial charge in [0.2, 0.25) is 0 Å². The van der Waals surface area contributed by atoms with Crippen LogP contribution >= 0.6 is 0 Å². The first-order chi connectivity index (χ1) is 11.7. The third-order valence-electron chi connectivity index (χ3n) is 4.77. The Bertz CT molecular complexity index is 799. The Morgan fingerprint density at radius 2 is 1.96 bits per heavy atom. The molecule has 1 atom stereocenters. The van der Waals surface area contributed by atoms with Crippen LogP contribution in [0.25, 0.3) is 0 Å². The normalized spacial score (nSPS) is 20.8. The van der Waals surface area contributed by atoms with E-state index in [0.29, 0.717) is 19.0 Å². The summed E-state index contributed by atoms with van der Waals surface area (Å²) in [5.74, 6) is 0.435. The smallest absolute Gasteiger partial charge is 0.414 e. The fourth-order valence-electron chi connectivity index (χ4n) is 3.16. The van der Waals surface area contributed by atoms with E-state index in [2.05, 4.69) is 4.98 Å². The van der Waals surface area contributed by atoms with Crippen LogP contribution < -0.4 is 10.5 Å². The first-order valence-electron chi connectivity index (χ1n) is 8.30. The van der Waals surface area contributed by atoms with Gasteiger partial charge in [-0.3, -0.25) is 14.3 Å². The van der Waals surface area contributed by atoms with Crippen LogP contribution in [0.3, 0.4) is 0 Å². The highest BCUT2D eigenvalue weighted by atomic mass is 16.6. The lowest BCUT2D eigenvalue weighted by atomic mass is 9.83. The maximum absolute atomic E-state index is 12.3. The first kappa shape index (κ1) is 14.9. The fraction of sp³-hybridized carbons (Fsp3) is 0.389. The van der Waals surface area contributed by atoms with Crippen molar-refractivity contribution in [3.63, 3.8) is 0 Å². The monoisotopic (exact) mass is 325 g/mol. The molecule has 2 heterocycles.